The van der Waals surface area contributed by atoms with Crippen molar-refractivity contribution in [2.45, 2.75) is 32.2 Å². The van der Waals surface area contributed by atoms with Gasteiger partial charge < -0.3 is 15.8 Å². The lowest BCUT2D eigenvalue weighted by Crippen LogP contribution is -2.54. The monoisotopic (exact) mass is 336 g/mol. The lowest BCUT2D eigenvalue weighted by molar-refractivity contribution is -0.125. The normalized spacial score (nSPS) is 10.9. The number of carbonyl (C=O) groups excluding carboxylic acids is 1. The van der Waals surface area contributed by atoms with E-state index in [0.717, 1.165) is 29.4 Å². The van der Waals surface area contributed by atoms with Gasteiger partial charge in [-0.3, -0.25) is 4.79 Å². The minimum atomic E-state index is -0.334. The molecular formula is C18H25ClN2O2. The first-order chi connectivity index (χ1) is 10.6. The predicted octanol–water partition coefficient (Wildman–Crippen LogP) is 3.27. The molecule has 5 heteroatoms. The maximum absolute atomic E-state index is 12.2. The molecule has 0 bridgehead atoms. The average molecular weight is 337 g/mol. The summed E-state index contributed by atoms with van der Waals surface area (Å²) in [5, 5.41) is 5.11. The van der Waals surface area contributed by atoms with Crippen molar-refractivity contribution in [2.75, 3.05) is 13.2 Å². The van der Waals surface area contributed by atoms with E-state index in [1.54, 1.807) is 0 Å². The fraction of sp³-hybridized carbons (Fsp3) is 0.389. The minimum absolute atomic E-state index is 0. The third-order valence-electron chi connectivity index (χ3n) is 4.26. The molecule has 0 aliphatic rings. The number of ether oxygens (including phenoxy) is 1. The molecule has 0 spiro atoms. The van der Waals surface area contributed by atoms with Crippen molar-refractivity contribution < 1.29 is 9.53 Å². The standard InChI is InChI=1S/C18H24N2O2.ClH/c1-3-18(4-2,13-19)20-17(21)12-22-16-11-7-9-14-8-5-6-10-15(14)16;/h5-11H,3-4,12-13,19H2,1-2H3,(H,20,21);1H. The van der Waals surface area contributed by atoms with E-state index in [0.29, 0.717) is 6.54 Å². The average Bonchev–Trinajstić information content (AvgIpc) is 2.58. The summed E-state index contributed by atoms with van der Waals surface area (Å²) in [6.45, 7) is 4.49. The van der Waals surface area contributed by atoms with Crippen LogP contribution in [0.2, 0.25) is 0 Å². The number of benzene rings is 2. The Labute approximate surface area is 143 Å². The molecule has 0 unspecified atom stereocenters. The number of carbonyl (C=O) groups is 1. The van der Waals surface area contributed by atoms with Crippen LogP contribution in [0.25, 0.3) is 10.8 Å². The van der Waals surface area contributed by atoms with Gasteiger partial charge >= 0.3 is 0 Å². The highest BCUT2D eigenvalue weighted by atomic mass is 35.5. The van der Waals surface area contributed by atoms with Crippen molar-refractivity contribution in [1.29, 1.82) is 0 Å². The first-order valence-electron chi connectivity index (χ1n) is 7.75. The molecular weight excluding hydrogens is 312 g/mol. The van der Waals surface area contributed by atoms with Crippen LogP contribution in [0, 0.1) is 0 Å². The van der Waals surface area contributed by atoms with Crippen LogP contribution >= 0.6 is 12.4 Å². The molecule has 0 fully saturated rings. The van der Waals surface area contributed by atoms with Crippen molar-refractivity contribution >= 4 is 29.1 Å². The van der Waals surface area contributed by atoms with Gasteiger partial charge in [-0.2, -0.15) is 0 Å². The van der Waals surface area contributed by atoms with Gasteiger partial charge in [-0.15, -0.1) is 12.4 Å². The van der Waals surface area contributed by atoms with Crippen molar-refractivity contribution in [3.63, 3.8) is 0 Å². The summed E-state index contributed by atoms with van der Waals surface area (Å²) in [4.78, 5) is 12.2. The Balaban J connectivity index is 0.00000264. The molecule has 0 radical (unpaired) electrons. The van der Waals surface area contributed by atoms with E-state index in [2.05, 4.69) is 5.32 Å². The number of nitrogens with two attached hydrogens (primary N) is 1. The molecule has 4 nitrogen and oxygen atoms in total. The Hall–Kier alpha value is -1.78. The molecule has 0 heterocycles. The van der Waals surface area contributed by atoms with E-state index in [9.17, 15) is 4.79 Å². The zero-order chi connectivity index (χ0) is 16.0. The predicted molar refractivity (Wildman–Crippen MR) is 97.2 cm³/mol. The van der Waals surface area contributed by atoms with Gasteiger partial charge in [-0.05, 0) is 24.3 Å². The summed E-state index contributed by atoms with van der Waals surface area (Å²) >= 11 is 0. The van der Waals surface area contributed by atoms with E-state index in [4.69, 9.17) is 10.5 Å². The Bertz CT molecular complexity index is 628. The van der Waals surface area contributed by atoms with Crippen LogP contribution in [0.4, 0.5) is 0 Å². The molecule has 0 saturated heterocycles. The largest absolute Gasteiger partial charge is 0.483 e. The molecule has 0 atom stereocenters. The number of rotatable bonds is 7. The lowest BCUT2D eigenvalue weighted by Gasteiger charge is -2.31. The molecule has 3 N–H and O–H groups in total. The summed E-state index contributed by atoms with van der Waals surface area (Å²) in [5.74, 6) is 0.585. The molecule has 23 heavy (non-hydrogen) atoms. The molecule has 1 amide bonds. The fourth-order valence-corrected chi connectivity index (χ4v) is 2.56. The van der Waals surface area contributed by atoms with E-state index in [-0.39, 0.29) is 30.5 Å². The summed E-state index contributed by atoms with van der Waals surface area (Å²) in [6.07, 6.45) is 1.61. The second-order valence-electron chi connectivity index (χ2n) is 5.51. The fourth-order valence-electron chi connectivity index (χ4n) is 2.56. The van der Waals surface area contributed by atoms with Crippen LogP contribution in [0.5, 0.6) is 5.75 Å². The van der Waals surface area contributed by atoms with Crippen molar-refractivity contribution in [3.05, 3.63) is 42.5 Å². The zero-order valence-electron chi connectivity index (χ0n) is 13.7. The summed E-state index contributed by atoms with van der Waals surface area (Å²) < 4.78 is 5.71. The highest BCUT2D eigenvalue weighted by molar-refractivity contribution is 5.88. The maximum atomic E-state index is 12.2. The van der Waals surface area contributed by atoms with Crippen LogP contribution < -0.4 is 15.8 Å². The van der Waals surface area contributed by atoms with Gasteiger partial charge in [0.25, 0.3) is 5.91 Å². The highest BCUT2D eigenvalue weighted by Crippen LogP contribution is 2.25. The number of fused-ring (bicyclic) bond motifs is 1. The molecule has 0 aromatic heterocycles. The number of hydrogen-bond donors (Lipinski definition) is 2. The molecule has 0 saturated carbocycles. The van der Waals surface area contributed by atoms with Crippen LogP contribution in [-0.2, 0) is 4.79 Å². The lowest BCUT2D eigenvalue weighted by atomic mass is 9.93. The second kappa shape index (κ2) is 8.75. The SMILES string of the molecule is CCC(CC)(CN)NC(=O)COc1cccc2ccccc12.Cl. The van der Waals surface area contributed by atoms with Gasteiger partial charge in [-0.25, -0.2) is 0 Å². The Kier molecular flexibility index (Phi) is 7.33. The van der Waals surface area contributed by atoms with Gasteiger partial charge in [0, 0.05) is 11.9 Å². The van der Waals surface area contributed by atoms with E-state index in [1.165, 1.54) is 0 Å². The smallest absolute Gasteiger partial charge is 0.258 e. The van der Waals surface area contributed by atoms with Gasteiger partial charge in [0.1, 0.15) is 5.75 Å². The van der Waals surface area contributed by atoms with Gasteiger partial charge in [-0.1, -0.05) is 50.2 Å². The Morgan fingerprint density at radius 1 is 1.13 bits per heavy atom. The van der Waals surface area contributed by atoms with Gasteiger partial charge in [0.15, 0.2) is 6.61 Å². The minimum Gasteiger partial charge on any atom is -0.483 e. The second-order valence-corrected chi connectivity index (χ2v) is 5.51. The van der Waals surface area contributed by atoms with Gasteiger partial charge in [0.05, 0.1) is 5.54 Å². The molecule has 126 valence electrons. The first kappa shape index (κ1) is 19.3. The number of halogens is 1. The Morgan fingerprint density at radius 2 is 1.78 bits per heavy atom. The molecule has 2 rings (SSSR count). The number of hydrogen-bond acceptors (Lipinski definition) is 3. The molecule has 2 aromatic rings. The molecule has 0 aliphatic carbocycles. The Morgan fingerprint density at radius 3 is 2.43 bits per heavy atom. The van der Waals surface area contributed by atoms with Crippen LogP contribution in [0.1, 0.15) is 26.7 Å². The third-order valence-corrected chi connectivity index (χ3v) is 4.26. The number of nitrogens with one attached hydrogen (secondary N) is 1. The van der Waals surface area contributed by atoms with Crippen LogP contribution in [0.3, 0.4) is 0 Å². The van der Waals surface area contributed by atoms with Crippen molar-refractivity contribution in [1.82, 2.24) is 5.32 Å². The van der Waals surface area contributed by atoms with E-state index < -0.39 is 0 Å². The quantitative estimate of drug-likeness (QED) is 0.815. The van der Waals surface area contributed by atoms with E-state index in [1.807, 2.05) is 56.3 Å². The van der Waals surface area contributed by atoms with Crippen LogP contribution in [-0.4, -0.2) is 24.6 Å². The van der Waals surface area contributed by atoms with Crippen molar-refractivity contribution in [3.8, 4) is 5.75 Å². The van der Waals surface area contributed by atoms with E-state index >= 15 is 0 Å². The topological polar surface area (TPSA) is 64.3 Å². The first-order valence-corrected chi connectivity index (χ1v) is 7.75. The number of amides is 1. The van der Waals surface area contributed by atoms with Crippen LogP contribution in [0.15, 0.2) is 42.5 Å². The maximum Gasteiger partial charge on any atom is 0.258 e. The summed E-state index contributed by atoms with van der Waals surface area (Å²) in [6, 6.07) is 13.8. The zero-order valence-corrected chi connectivity index (χ0v) is 14.5. The molecule has 0 aliphatic heterocycles. The summed E-state index contributed by atoms with van der Waals surface area (Å²) in [7, 11) is 0. The third kappa shape index (κ3) is 4.60. The molecule has 2 aromatic carbocycles. The van der Waals surface area contributed by atoms with Gasteiger partial charge in [0.2, 0.25) is 0 Å². The van der Waals surface area contributed by atoms with Crippen molar-refractivity contribution in [2.24, 2.45) is 5.73 Å². The highest BCUT2D eigenvalue weighted by Gasteiger charge is 2.26. The summed E-state index contributed by atoms with van der Waals surface area (Å²) in [5.41, 5.74) is 5.47.